The monoisotopic (exact) mass is 252 g/mol. The topological polar surface area (TPSA) is 42.4 Å². The van der Waals surface area contributed by atoms with Gasteiger partial charge in [-0.25, -0.2) is 4.98 Å². The van der Waals surface area contributed by atoms with E-state index in [9.17, 15) is 4.79 Å². The molecule has 3 heterocycles. The highest BCUT2D eigenvalue weighted by Gasteiger charge is 2.35. The summed E-state index contributed by atoms with van der Waals surface area (Å²) in [6.07, 6.45) is 4.43. The Morgan fingerprint density at radius 3 is 2.76 bits per heavy atom. The Labute approximate surface area is 105 Å². The van der Waals surface area contributed by atoms with Crippen LogP contribution in [0.25, 0.3) is 0 Å². The highest BCUT2D eigenvalue weighted by Crippen LogP contribution is 2.30. The van der Waals surface area contributed by atoms with E-state index in [2.05, 4.69) is 9.88 Å². The molecule has 1 aromatic heterocycles. The third-order valence-corrected chi connectivity index (χ3v) is 3.55. The maximum Gasteiger partial charge on any atom is 0.256 e. The van der Waals surface area contributed by atoms with Gasteiger partial charge in [-0.2, -0.15) is 0 Å². The first-order valence-electron chi connectivity index (χ1n) is 5.79. The summed E-state index contributed by atoms with van der Waals surface area (Å²) in [7, 11) is 0. The molecule has 2 bridgehead atoms. The molecule has 2 unspecified atom stereocenters. The zero-order valence-electron chi connectivity index (χ0n) is 9.30. The van der Waals surface area contributed by atoms with Gasteiger partial charge in [-0.05, 0) is 36.6 Å². The van der Waals surface area contributed by atoms with E-state index in [4.69, 9.17) is 16.3 Å². The van der Waals surface area contributed by atoms with Crippen molar-refractivity contribution in [2.24, 2.45) is 0 Å². The molecule has 2 atom stereocenters. The fourth-order valence-corrected chi connectivity index (χ4v) is 2.74. The second kappa shape index (κ2) is 4.27. The minimum Gasteiger partial charge on any atom is -0.371 e. The standard InChI is InChI=1S/C12H13ClN2O2/c13-11(16)10-2-1-5-14-12(10)15-6-8-3-4-9(7-15)17-8/h1-2,5,8-9H,3-4,6-7H2. The minimum absolute atomic E-state index is 0.272. The van der Waals surface area contributed by atoms with Crippen LogP contribution in [-0.2, 0) is 4.74 Å². The van der Waals surface area contributed by atoms with Crippen molar-refractivity contribution in [3.8, 4) is 0 Å². The van der Waals surface area contributed by atoms with Gasteiger partial charge in [0, 0.05) is 19.3 Å². The Morgan fingerprint density at radius 2 is 2.12 bits per heavy atom. The van der Waals surface area contributed by atoms with Gasteiger partial charge in [-0.1, -0.05) is 0 Å². The molecule has 2 aliphatic heterocycles. The van der Waals surface area contributed by atoms with Gasteiger partial charge < -0.3 is 9.64 Å². The summed E-state index contributed by atoms with van der Waals surface area (Å²) in [4.78, 5) is 17.8. The quantitative estimate of drug-likeness (QED) is 0.753. The van der Waals surface area contributed by atoms with E-state index in [1.165, 1.54) is 0 Å². The Morgan fingerprint density at radius 1 is 1.41 bits per heavy atom. The van der Waals surface area contributed by atoms with Crippen molar-refractivity contribution in [3.05, 3.63) is 23.9 Å². The lowest BCUT2D eigenvalue weighted by Crippen LogP contribution is -2.43. The van der Waals surface area contributed by atoms with E-state index in [1.807, 2.05) is 0 Å². The Bertz CT molecular complexity index is 440. The lowest BCUT2D eigenvalue weighted by atomic mass is 10.2. The van der Waals surface area contributed by atoms with E-state index in [0.717, 1.165) is 25.9 Å². The number of aromatic nitrogens is 1. The molecule has 0 aliphatic carbocycles. The zero-order valence-corrected chi connectivity index (χ0v) is 10.1. The van der Waals surface area contributed by atoms with Crippen molar-refractivity contribution in [3.63, 3.8) is 0 Å². The smallest absolute Gasteiger partial charge is 0.256 e. The highest BCUT2D eigenvalue weighted by molar-refractivity contribution is 6.68. The third-order valence-electron chi connectivity index (χ3n) is 3.34. The van der Waals surface area contributed by atoms with Crippen LogP contribution in [0.3, 0.4) is 0 Å². The van der Waals surface area contributed by atoms with Gasteiger partial charge in [0.15, 0.2) is 0 Å². The van der Waals surface area contributed by atoms with E-state index < -0.39 is 5.24 Å². The van der Waals surface area contributed by atoms with Gasteiger partial charge in [0.25, 0.3) is 5.24 Å². The van der Waals surface area contributed by atoms with Gasteiger partial charge in [-0.3, -0.25) is 4.79 Å². The van der Waals surface area contributed by atoms with Gasteiger partial charge in [0.05, 0.1) is 17.8 Å². The molecule has 0 saturated carbocycles. The molecule has 2 saturated heterocycles. The molecule has 2 aliphatic rings. The van der Waals surface area contributed by atoms with Crippen molar-refractivity contribution in [1.29, 1.82) is 0 Å². The Kier molecular flexibility index (Phi) is 2.76. The van der Waals surface area contributed by atoms with Crippen molar-refractivity contribution < 1.29 is 9.53 Å². The molecule has 2 fully saturated rings. The number of anilines is 1. The maximum absolute atomic E-state index is 11.4. The first-order chi connectivity index (χ1) is 8.24. The van der Waals surface area contributed by atoms with Crippen LogP contribution < -0.4 is 4.90 Å². The lowest BCUT2D eigenvalue weighted by molar-refractivity contribution is 0.0301. The SMILES string of the molecule is O=C(Cl)c1cccnc1N1CC2CCC(C1)O2. The summed E-state index contributed by atoms with van der Waals surface area (Å²) in [5, 5.41) is -0.452. The number of ether oxygens (including phenoxy) is 1. The zero-order chi connectivity index (χ0) is 11.8. The summed E-state index contributed by atoms with van der Waals surface area (Å²) in [5.74, 6) is 0.688. The Hall–Kier alpha value is -1.13. The summed E-state index contributed by atoms with van der Waals surface area (Å²) < 4.78 is 5.76. The van der Waals surface area contributed by atoms with E-state index >= 15 is 0 Å². The predicted octanol–water partition coefficient (Wildman–Crippen LogP) is 1.83. The number of rotatable bonds is 2. The highest BCUT2D eigenvalue weighted by atomic mass is 35.5. The van der Waals surface area contributed by atoms with E-state index in [-0.39, 0.29) is 12.2 Å². The third kappa shape index (κ3) is 2.03. The number of pyridine rings is 1. The molecule has 90 valence electrons. The number of hydrogen-bond donors (Lipinski definition) is 0. The molecular formula is C12H13ClN2O2. The van der Waals surface area contributed by atoms with Crippen molar-refractivity contribution in [2.75, 3.05) is 18.0 Å². The fourth-order valence-electron chi connectivity index (χ4n) is 2.59. The average Bonchev–Trinajstić information content (AvgIpc) is 2.68. The molecule has 0 N–H and O–H groups in total. The van der Waals surface area contributed by atoms with Crippen LogP contribution in [-0.4, -0.2) is 35.5 Å². The number of fused-ring (bicyclic) bond motifs is 2. The van der Waals surface area contributed by atoms with Crippen LogP contribution in [0.2, 0.25) is 0 Å². The summed E-state index contributed by atoms with van der Waals surface area (Å²) in [6.45, 7) is 1.59. The summed E-state index contributed by atoms with van der Waals surface area (Å²) >= 11 is 5.58. The van der Waals surface area contributed by atoms with Crippen LogP contribution in [0.1, 0.15) is 23.2 Å². The summed E-state index contributed by atoms with van der Waals surface area (Å²) in [6, 6.07) is 3.45. The number of nitrogens with zero attached hydrogens (tertiary/aromatic N) is 2. The maximum atomic E-state index is 11.4. The molecule has 1 aromatic rings. The van der Waals surface area contributed by atoms with Crippen molar-refractivity contribution >= 4 is 22.7 Å². The molecule has 0 spiro atoms. The predicted molar refractivity (Wildman–Crippen MR) is 64.5 cm³/mol. The second-order valence-electron chi connectivity index (χ2n) is 4.51. The molecule has 17 heavy (non-hydrogen) atoms. The van der Waals surface area contributed by atoms with E-state index in [1.54, 1.807) is 18.3 Å². The molecule has 0 aromatic carbocycles. The second-order valence-corrected chi connectivity index (χ2v) is 4.85. The number of carbonyl (C=O) groups is 1. The molecule has 0 amide bonds. The van der Waals surface area contributed by atoms with Crippen LogP contribution in [0.15, 0.2) is 18.3 Å². The number of hydrogen-bond acceptors (Lipinski definition) is 4. The molecule has 3 rings (SSSR count). The molecule has 4 nitrogen and oxygen atoms in total. The molecular weight excluding hydrogens is 240 g/mol. The first kappa shape index (κ1) is 11.0. The molecule has 0 radical (unpaired) electrons. The van der Waals surface area contributed by atoms with Gasteiger partial charge in [0.2, 0.25) is 0 Å². The van der Waals surface area contributed by atoms with E-state index in [0.29, 0.717) is 11.4 Å². The average molecular weight is 253 g/mol. The van der Waals surface area contributed by atoms with Crippen LogP contribution >= 0.6 is 11.6 Å². The van der Waals surface area contributed by atoms with Gasteiger partial charge >= 0.3 is 0 Å². The lowest BCUT2D eigenvalue weighted by Gasteiger charge is -2.33. The van der Waals surface area contributed by atoms with Crippen molar-refractivity contribution in [1.82, 2.24) is 4.98 Å². The van der Waals surface area contributed by atoms with Crippen LogP contribution in [0.4, 0.5) is 5.82 Å². The van der Waals surface area contributed by atoms with Crippen molar-refractivity contribution in [2.45, 2.75) is 25.0 Å². The molecule has 5 heteroatoms. The van der Waals surface area contributed by atoms with Gasteiger partial charge in [-0.15, -0.1) is 0 Å². The normalized spacial score (nSPS) is 27.2. The summed E-state index contributed by atoms with van der Waals surface area (Å²) in [5.41, 5.74) is 0.482. The Balaban J connectivity index is 1.91. The first-order valence-corrected chi connectivity index (χ1v) is 6.17. The van der Waals surface area contributed by atoms with Crippen LogP contribution in [0.5, 0.6) is 0 Å². The van der Waals surface area contributed by atoms with Gasteiger partial charge in [0.1, 0.15) is 5.82 Å². The fraction of sp³-hybridized carbons (Fsp3) is 0.500. The van der Waals surface area contributed by atoms with Crippen LogP contribution in [0, 0.1) is 0 Å². The largest absolute Gasteiger partial charge is 0.371 e. The number of halogens is 1. The number of morpholine rings is 1. The number of carbonyl (C=O) groups excluding carboxylic acids is 1. The minimum atomic E-state index is -0.452.